The molecule has 0 spiro atoms. The van der Waals surface area contributed by atoms with E-state index in [2.05, 4.69) is 33.9 Å². The Hall–Kier alpha value is -4.16. The summed E-state index contributed by atoms with van der Waals surface area (Å²) >= 11 is 0. The monoisotopic (exact) mass is 560 g/mol. The molecule has 218 valence electrons. The zero-order valence-electron chi connectivity index (χ0n) is 24.0. The van der Waals surface area contributed by atoms with Gasteiger partial charge in [-0.2, -0.15) is 0 Å². The van der Waals surface area contributed by atoms with Crippen molar-refractivity contribution in [2.45, 2.75) is 52.4 Å². The summed E-state index contributed by atoms with van der Waals surface area (Å²) < 4.78 is 5.13. The average molecular weight is 561 g/mol. The van der Waals surface area contributed by atoms with E-state index in [9.17, 15) is 14.4 Å². The fourth-order valence-corrected chi connectivity index (χ4v) is 4.27. The number of pyridine rings is 1. The molecule has 0 bridgehead atoms. The first-order chi connectivity index (χ1) is 19.8. The van der Waals surface area contributed by atoms with Crippen LogP contribution in [0.3, 0.4) is 0 Å². The van der Waals surface area contributed by atoms with Gasteiger partial charge < -0.3 is 14.5 Å². The minimum atomic E-state index is -0.367. The van der Waals surface area contributed by atoms with Crippen molar-refractivity contribution in [3.05, 3.63) is 65.5 Å². The average Bonchev–Trinajstić information content (AvgIpc) is 3.00. The summed E-state index contributed by atoms with van der Waals surface area (Å²) in [5.74, 6) is 5.97. The van der Waals surface area contributed by atoms with Crippen molar-refractivity contribution >= 4 is 29.5 Å². The molecule has 9 nitrogen and oxygen atoms in total. The van der Waals surface area contributed by atoms with Gasteiger partial charge in [0.2, 0.25) is 11.8 Å². The van der Waals surface area contributed by atoms with Gasteiger partial charge in [0.1, 0.15) is 5.69 Å². The molecule has 0 unspecified atom stereocenters. The largest absolute Gasteiger partial charge is 0.462 e. The number of benzene rings is 1. The molecule has 2 heterocycles. The van der Waals surface area contributed by atoms with Gasteiger partial charge in [-0.05, 0) is 66.7 Å². The number of carbonyl (C=O) groups is 3. The van der Waals surface area contributed by atoms with E-state index in [4.69, 9.17) is 9.94 Å². The quantitative estimate of drug-likeness (QED) is 0.1000. The maximum atomic E-state index is 12.6. The maximum Gasteiger partial charge on any atom is 0.330 e. The fraction of sp³-hybridized carbons (Fsp3) is 0.438. The Morgan fingerprint density at radius 2 is 1.68 bits per heavy atom. The van der Waals surface area contributed by atoms with E-state index in [-0.39, 0.29) is 17.8 Å². The summed E-state index contributed by atoms with van der Waals surface area (Å²) in [6.07, 6.45) is 8.88. The zero-order valence-corrected chi connectivity index (χ0v) is 24.0. The van der Waals surface area contributed by atoms with Crippen molar-refractivity contribution in [1.82, 2.24) is 15.4 Å². The Balaban J connectivity index is 1.39. The lowest BCUT2D eigenvalue weighted by atomic mass is 10.1. The molecule has 1 saturated heterocycles. The first kappa shape index (κ1) is 31.4. The molecule has 0 aliphatic carbocycles. The van der Waals surface area contributed by atoms with E-state index in [1.807, 2.05) is 43.0 Å². The third-order valence-corrected chi connectivity index (χ3v) is 6.63. The predicted molar refractivity (Wildman–Crippen MR) is 158 cm³/mol. The standard InChI is InChI=1S/C32H40N4O5/c1-25(2)24-41-32(39)18-13-27-10-15-28(33-23-27)14-9-26-11-16-29(17-12-26)35-19-21-36(22-20-35)31(38)8-6-4-3-5-7-30(37)34-40/h10-13,15-18,23,25,40H,3-8,19-22,24H2,1-2H3,(H,34,37)/b18-13+. The SMILES string of the molecule is CC(C)COC(=O)/C=C/c1ccc(C#Cc2ccc(N3CCN(C(=O)CCCCCCC(=O)NO)CC3)cc2)nc1. The molecular weight excluding hydrogens is 520 g/mol. The summed E-state index contributed by atoms with van der Waals surface area (Å²) in [5, 5.41) is 8.50. The Kier molecular flexibility index (Phi) is 12.9. The van der Waals surface area contributed by atoms with Gasteiger partial charge >= 0.3 is 5.97 Å². The number of nitrogens with zero attached hydrogens (tertiary/aromatic N) is 3. The molecular formula is C32H40N4O5. The Labute approximate surface area is 242 Å². The molecule has 1 aromatic carbocycles. The van der Waals surface area contributed by atoms with E-state index < -0.39 is 0 Å². The van der Waals surface area contributed by atoms with Gasteiger partial charge in [-0.15, -0.1) is 0 Å². The molecule has 41 heavy (non-hydrogen) atoms. The number of aromatic nitrogens is 1. The van der Waals surface area contributed by atoms with Gasteiger partial charge in [0.15, 0.2) is 0 Å². The van der Waals surface area contributed by atoms with Gasteiger partial charge in [-0.1, -0.05) is 38.7 Å². The highest BCUT2D eigenvalue weighted by molar-refractivity contribution is 5.87. The number of rotatable bonds is 12. The highest BCUT2D eigenvalue weighted by atomic mass is 16.5. The van der Waals surface area contributed by atoms with Crippen LogP contribution in [0.25, 0.3) is 6.08 Å². The Morgan fingerprint density at radius 3 is 2.32 bits per heavy atom. The van der Waals surface area contributed by atoms with E-state index in [0.29, 0.717) is 50.6 Å². The maximum absolute atomic E-state index is 12.6. The van der Waals surface area contributed by atoms with Crippen molar-refractivity contribution in [3.8, 4) is 11.8 Å². The molecule has 0 saturated carbocycles. The van der Waals surface area contributed by atoms with Crippen molar-refractivity contribution in [3.63, 3.8) is 0 Å². The zero-order chi connectivity index (χ0) is 29.5. The third-order valence-electron chi connectivity index (χ3n) is 6.63. The van der Waals surface area contributed by atoms with Crippen LogP contribution in [0.2, 0.25) is 0 Å². The fourth-order valence-electron chi connectivity index (χ4n) is 4.27. The summed E-state index contributed by atoms with van der Waals surface area (Å²) in [6, 6.07) is 11.8. The molecule has 1 aliphatic rings. The number of amides is 2. The minimum absolute atomic E-state index is 0.185. The highest BCUT2D eigenvalue weighted by Crippen LogP contribution is 2.18. The van der Waals surface area contributed by atoms with E-state index in [0.717, 1.165) is 49.2 Å². The second-order valence-corrected chi connectivity index (χ2v) is 10.4. The van der Waals surface area contributed by atoms with Crippen LogP contribution in [0.1, 0.15) is 69.2 Å². The number of anilines is 1. The molecule has 2 amide bonds. The summed E-state index contributed by atoms with van der Waals surface area (Å²) in [7, 11) is 0. The van der Waals surface area contributed by atoms with Crippen LogP contribution in [0.4, 0.5) is 5.69 Å². The third kappa shape index (κ3) is 11.5. The van der Waals surface area contributed by atoms with E-state index in [1.54, 1.807) is 17.8 Å². The first-order valence-corrected chi connectivity index (χ1v) is 14.2. The lowest BCUT2D eigenvalue weighted by Crippen LogP contribution is -2.48. The molecule has 9 heteroatoms. The van der Waals surface area contributed by atoms with Gasteiger partial charge in [0, 0.05) is 62.5 Å². The number of ether oxygens (including phenoxy) is 1. The summed E-state index contributed by atoms with van der Waals surface area (Å²) in [4.78, 5) is 43.8. The van der Waals surface area contributed by atoms with Crippen LogP contribution in [0.5, 0.6) is 0 Å². The number of nitrogens with one attached hydrogen (secondary N) is 1. The van der Waals surface area contributed by atoms with Gasteiger partial charge in [-0.3, -0.25) is 14.8 Å². The van der Waals surface area contributed by atoms with E-state index in [1.165, 1.54) is 6.08 Å². The number of hydrogen-bond acceptors (Lipinski definition) is 7. The summed E-state index contributed by atoms with van der Waals surface area (Å²) in [5.41, 5.74) is 5.07. The first-order valence-electron chi connectivity index (χ1n) is 14.2. The van der Waals surface area contributed by atoms with Gasteiger partial charge in [-0.25, -0.2) is 15.3 Å². The van der Waals surface area contributed by atoms with Crippen LogP contribution in [0, 0.1) is 17.8 Å². The van der Waals surface area contributed by atoms with Crippen molar-refractivity contribution < 1.29 is 24.3 Å². The lowest BCUT2D eigenvalue weighted by molar-refractivity contribution is -0.138. The number of unbranched alkanes of at least 4 members (excludes halogenated alkanes) is 3. The molecule has 0 radical (unpaired) electrons. The molecule has 1 aliphatic heterocycles. The second kappa shape index (κ2) is 16.8. The van der Waals surface area contributed by atoms with Crippen LogP contribution in [-0.4, -0.2) is 65.7 Å². The number of hydroxylamine groups is 1. The minimum Gasteiger partial charge on any atom is -0.462 e. The molecule has 2 aromatic rings. The molecule has 2 N–H and O–H groups in total. The molecule has 0 atom stereocenters. The topological polar surface area (TPSA) is 112 Å². The van der Waals surface area contributed by atoms with Gasteiger partial charge in [0.25, 0.3) is 0 Å². The van der Waals surface area contributed by atoms with Crippen LogP contribution >= 0.6 is 0 Å². The van der Waals surface area contributed by atoms with E-state index >= 15 is 0 Å². The summed E-state index contributed by atoms with van der Waals surface area (Å²) in [6.45, 7) is 7.35. The second-order valence-electron chi connectivity index (χ2n) is 10.4. The van der Waals surface area contributed by atoms with Crippen LogP contribution < -0.4 is 10.4 Å². The number of hydrogen-bond donors (Lipinski definition) is 2. The number of carbonyl (C=O) groups excluding carboxylic acids is 3. The molecule has 1 aromatic heterocycles. The van der Waals surface area contributed by atoms with Gasteiger partial charge in [0.05, 0.1) is 6.61 Å². The normalized spacial score (nSPS) is 13.2. The molecule has 3 rings (SSSR count). The van der Waals surface area contributed by atoms with Crippen molar-refractivity contribution in [2.75, 3.05) is 37.7 Å². The Bertz CT molecular complexity index is 1220. The smallest absolute Gasteiger partial charge is 0.330 e. The van der Waals surface area contributed by atoms with Crippen LogP contribution in [-0.2, 0) is 19.1 Å². The van der Waals surface area contributed by atoms with Crippen molar-refractivity contribution in [1.29, 1.82) is 0 Å². The molecule has 1 fully saturated rings. The number of esters is 1. The Morgan fingerprint density at radius 1 is 0.976 bits per heavy atom. The number of piperazine rings is 1. The van der Waals surface area contributed by atoms with Crippen LogP contribution in [0.15, 0.2) is 48.7 Å². The highest BCUT2D eigenvalue weighted by Gasteiger charge is 2.20. The van der Waals surface area contributed by atoms with Crippen molar-refractivity contribution in [2.24, 2.45) is 5.92 Å². The lowest BCUT2D eigenvalue weighted by Gasteiger charge is -2.36. The predicted octanol–water partition coefficient (Wildman–Crippen LogP) is 4.19.